The molecule has 206 valence electrons. The smallest absolute Gasteiger partial charge is 0.356 e. The van der Waals surface area contributed by atoms with Gasteiger partial charge in [-0.1, -0.05) is 54.2 Å². The molecule has 0 bridgehead atoms. The largest absolute Gasteiger partial charge is 0.369 e. The van der Waals surface area contributed by atoms with Gasteiger partial charge in [0, 0.05) is 17.9 Å². The molecule has 0 fully saturated rings. The standard InChI is InChI=1S/C26H30N5O6PS/c1-18-8-9-21(14-19(18)2)25(33)39-13-12-36-38(34,37-15-20-6-4-3-5-7-20)17-35-11-10-31-16-28-22-23(31)29-26(27)30-24(22)32/h3-9,14,16H,10-13,15,17H2,1-2H3,(H3,27,29,30,32). The van der Waals surface area contributed by atoms with Crippen LogP contribution in [0.25, 0.3) is 11.2 Å². The first-order valence-electron chi connectivity index (χ1n) is 12.2. The minimum Gasteiger partial charge on any atom is -0.369 e. The van der Waals surface area contributed by atoms with Gasteiger partial charge in [0.05, 0.1) is 26.1 Å². The molecule has 0 aliphatic rings. The zero-order valence-electron chi connectivity index (χ0n) is 21.7. The van der Waals surface area contributed by atoms with E-state index in [9.17, 15) is 14.2 Å². The number of H-pyrrole nitrogens is 1. The molecule has 13 heteroatoms. The molecule has 39 heavy (non-hydrogen) atoms. The Balaban J connectivity index is 1.32. The van der Waals surface area contributed by atoms with E-state index in [-0.39, 0.29) is 49.3 Å². The van der Waals surface area contributed by atoms with Crippen LogP contribution in [-0.2, 0) is 31.5 Å². The number of aromatic amines is 1. The third-order valence-corrected chi connectivity index (χ3v) is 8.30. The normalized spacial score (nSPS) is 13.0. The second-order valence-electron chi connectivity index (χ2n) is 8.74. The fourth-order valence-corrected chi connectivity index (χ4v) is 5.66. The molecule has 1 atom stereocenters. The van der Waals surface area contributed by atoms with E-state index in [4.69, 9.17) is 19.5 Å². The number of nitrogens with zero attached hydrogens (tertiary/aromatic N) is 3. The van der Waals surface area contributed by atoms with E-state index in [0.717, 1.165) is 28.5 Å². The van der Waals surface area contributed by atoms with Crippen molar-refractivity contribution >= 4 is 41.6 Å². The van der Waals surface area contributed by atoms with Crippen LogP contribution in [0.2, 0.25) is 0 Å². The van der Waals surface area contributed by atoms with Gasteiger partial charge in [0.15, 0.2) is 11.2 Å². The second kappa shape index (κ2) is 13.2. The highest BCUT2D eigenvalue weighted by atomic mass is 32.2. The first kappa shape index (κ1) is 28.7. The van der Waals surface area contributed by atoms with Crippen LogP contribution in [0.3, 0.4) is 0 Å². The van der Waals surface area contributed by atoms with E-state index >= 15 is 0 Å². The molecule has 4 rings (SSSR count). The van der Waals surface area contributed by atoms with Crippen LogP contribution >= 0.6 is 19.4 Å². The Labute approximate surface area is 229 Å². The minimum absolute atomic E-state index is 0.0174. The molecule has 0 saturated carbocycles. The van der Waals surface area contributed by atoms with Crippen LogP contribution in [0.4, 0.5) is 5.95 Å². The number of hydrogen-bond acceptors (Lipinski definition) is 10. The lowest BCUT2D eigenvalue weighted by atomic mass is 10.1. The molecule has 0 spiro atoms. The highest BCUT2D eigenvalue weighted by molar-refractivity contribution is 8.14. The van der Waals surface area contributed by atoms with Gasteiger partial charge in [-0.3, -0.25) is 19.1 Å². The first-order chi connectivity index (χ1) is 18.7. The van der Waals surface area contributed by atoms with Gasteiger partial charge in [0.25, 0.3) is 5.56 Å². The predicted octanol–water partition coefficient (Wildman–Crippen LogP) is 4.29. The number of aromatic nitrogens is 4. The van der Waals surface area contributed by atoms with Crippen molar-refractivity contribution in [3.8, 4) is 0 Å². The van der Waals surface area contributed by atoms with Crippen molar-refractivity contribution in [1.29, 1.82) is 0 Å². The summed E-state index contributed by atoms with van der Waals surface area (Å²) in [5.41, 5.74) is 9.30. The second-order valence-corrected chi connectivity index (χ2v) is 11.8. The molecule has 4 aromatic rings. The molecule has 3 N–H and O–H groups in total. The molecule has 0 aliphatic carbocycles. The van der Waals surface area contributed by atoms with Gasteiger partial charge in [-0.25, -0.2) is 4.98 Å². The number of aryl methyl sites for hydroxylation is 2. The van der Waals surface area contributed by atoms with Gasteiger partial charge in [-0.2, -0.15) is 4.98 Å². The van der Waals surface area contributed by atoms with Crippen molar-refractivity contribution in [2.75, 3.05) is 31.0 Å². The quantitative estimate of drug-likeness (QED) is 0.176. The number of benzene rings is 2. The van der Waals surface area contributed by atoms with Crippen LogP contribution in [0, 0.1) is 13.8 Å². The summed E-state index contributed by atoms with van der Waals surface area (Å²) in [5.74, 6) is 0.281. The number of carbonyl (C=O) groups is 1. The molecule has 0 radical (unpaired) electrons. The number of nitrogens with one attached hydrogen (secondary N) is 1. The summed E-state index contributed by atoms with van der Waals surface area (Å²) in [4.78, 5) is 35.1. The predicted molar refractivity (Wildman–Crippen MR) is 151 cm³/mol. The average molecular weight is 572 g/mol. The summed E-state index contributed by atoms with van der Waals surface area (Å²) in [6.07, 6.45) is 1.17. The number of nitrogen functional groups attached to an aromatic ring is 1. The van der Waals surface area contributed by atoms with Crippen molar-refractivity contribution < 1.29 is 23.1 Å². The van der Waals surface area contributed by atoms with Crippen LogP contribution in [0.15, 0.2) is 59.7 Å². The SMILES string of the molecule is Cc1ccc(C(=O)SCCOP(=O)(COCCn2cnc3c(=O)[nH]c(N)nc32)OCc2ccccc2)cc1C. The average Bonchev–Trinajstić information content (AvgIpc) is 3.33. The highest BCUT2D eigenvalue weighted by Crippen LogP contribution is 2.49. The summed E-state index contributed by atoms with van der Waals surface area (Å²) in [5, 5.41) is -0.0846. The number of anilines is 1. The van der Waals surface area contributed by atoms with Crippen LogP contribution in [0.1, 0.15) is 27.0 Å². The summed E-state index contributed by atoms with van der Waals surface area (Å²) in [7, 11) is -3.66. The van der Waals surface area contributed by atoms with Crippen LogP contribution in [-0.4, -0.2) is 49.9 Å². The number of fused-ring (bicyclic) bond motifs is 1. The molecular formula is C26H30N5O6PS. The van der Waals surface area contributed by atoms with E-state index in [1.54, 1.807) is 10.6 Å². The minimum atomic E-state index is -3.66. The molecule has 1 unspecified atom stereocenters. The Kier molecular flexibility index (Phi) is 9.71. The maximum absolute atomic E-state index is 13.5. The summed E-state index contributed by atoms with van der Waals surface area (Å²) < 4.78 is 32.1. The summed E-state index contributed by atoms with van der Waals surface area (Å²) in [6, 6.07) is 14.9. The Morgan fingerprint density at radius 3 is 2.67 bits per heavy atom. The van der Waals surface area contributed by atoms with Crippen molar-refractivity contribution in [2.24, 2.45) is 0 Å². The first-order valence-corrected chi connectivity index (χ1v) is 14.9. The van der Waals surface area contributed by atoms with Gasteiger partial charge >= 0.3 is 7.60 Å². The third kappa shape index (κ3) is 7.87. The van der Waals surface area contributed by atoms with E-state index in [1.165, 1.54) is 6.33 Å². The van der Waals surface area contributed by atoms with Crippen molar-refractivity contribution in [3.63, 3.8) is 0 Å². The lowest BCUT2D eigenvalue weighted by molar-refractivity contribution is 0.108. The van der Waals surface area contributed by atoms with Crippen molar-refractivity contribution in [2.45, 2.75) is 27.0 Å². The molecule has 0 saturated heterocycles. The number of carbonyl (C=O) groups excluding carboxylic acids is 1. The fourth-order valence-electron chi connectivity index (χ4n) is 3.60. The van der Waals surface area contributed by atoms with E-state index in [1.807, 2.05) is 56.3 Å². The molecule has 2 heterocycles. The Bertz CT molecular complexity index is 1540. The van der Waals surface area contributed by atoms with Crippen molar-refractivity contribution in [3.05, 3.63) is 87.5 Å². The van der Waals surface area contributed by atoms with E-state index in [2.05, 4.69) is 15.0 Å². The van der Waals surface area contributed by atoms with Gasteiger partial charge in [-0.05, 0) is 36.6 Å². The number of nitrogens with two attached hydrogens (primary N) is 1. The topological polar surface area (TPSA) is 151 Å². The Morgan fingerprint density at radius 2 is 1.90 bits per heavy atom. The van der Waals surface area contributed by atoms with Crippen LogP contribution in [0.5, 0.6) is 0 Å². The zero-order valence-corrected chi connectivity index (χ0v) is 23.4. The van der Waals surface area contributed by atoms with E-state index in [0.29, 0.717) is 17.0 Å². The number of imidazole rings is 1. The molecule has 2 aromatic heterocycles. The van der Waals surface area contributed by atoms with Gasteiger partial charge in [0.1, 0.15) is 6.35 Å². The molecule has 2 aromatic carbocycles. The maximum Gasteiger partial charge on any atom is 0.356 e. The number of hydrogen-bond donors (Lipinski definition) is 2. The van der Waals surface area contributed by atoms with Crippen molar-refractivity contribution in [1.82, 2.24) is 19.5 Å². The lowest BCUT2D eigenvalue weighted by Crippen LogP contribution is -2.13. The summed E-state index contributed by atoms with van der Waals surface area (Å²) in [6.45, 7) is 4.47. The number of rotatable bonds is 13. The van der Waals surface area contributed by atoms with Gasteiger partial charge < -0.3 is 24.1 Å². The Hall–Kier alpha value is -3.28. The fraction of sp³-hybridized carbons (Fsp3) is 0.308. The van der Waals surface area contributed by atoms with Gasteiger partial charge in [-0.15, -0.1) is 0 Å². The lowest BCUT2D eigenvalue weighted by Gasteiger charge is -2.19. The Morgan fingerprint density at radius 1 is 1.10 bits per heavy atom. The van der Waals surface area contributed by atoms with E-state index < -0.39 is 13.2 Å². The van der Waals surface area contributed by atoms with Crippen LogP contribution < -0.4 is 11.3 Å². The number of ether oxygens (including phenoxy) is 1. The zero-order chi connectivity index (χ0) is 27.8. The molecule has 11 nitrogen and oxygen atoms in total. The molecule has 0 amide bonds. The molecule has 0 aliphatic heterocycles. The monoisotopic (exact) mass is 571 g/mol. The molecular weight excluding hydrogens is 541 g/mol. The van der Waals surface area contributed by atoms with Gasteiger partial charge in [0.2, 0.25) is 11.1 Å². The maximum atomic E-state index is 13.5. The highest BCUT2D eigenvalue weighted by Gasteiger charge is 2.26. The third-order valence-electron chi connectivity index (χ3n) is 5.84. The number of thioether (sulfide) groups is 1. The summed E-state index contributed by atoms with van der Waals surface area (Å²) >= 11 is 1.09.